The van der Waals surface area contributed by atoms with Gasteiger partial charge in [-0.15, -0.1) is 0 Å². The Morgan fingerprint density at radius 2 is 2.00 bits per heavy atom. The Hall–Kier alpha value is -1.26. The zero-order valence-corrected chi connectivity index (χ0v) is 7.61. The molecule has 1 aromatic rings. The lowest BCUT2D eigenvalue weighted by atomic mass is 10.1. The molecule has 0 spiro atoms. The largest absolute Gasteiger partial charge is 0.308 e. The molecular weight excluding hydrogens is 188 g/mol. The molecule has 2 rings (SSSR count). The molecule has 2 unspecified atom stereocenters. The van der Waals surface area contributed by atoms with Gasteiger partial charge in [-0.05, 0) is 18.9 Å². The molecule has 0 radical (unpaired) electrons. The monoisotopic (exact) mass is 199 g/mol. The smallest absolute Gasteiger partial charge is 0.227 e. The molecule has 0 aromatic carbocycles. The number of piperidine rings is 1. The summed E-state index contributed by atoms with van der Waals surface area (Å²) >= 11 is 0. The lowest BCUT2D eigenvalue weighted by molar-refractivity contribution is 0.128. The number of hydrogen-bond acceptors (Lipinski definition) is 3. The second-order valence-corrected chi connectivity index (χ2v) is 3.27. The average Bonchev–Trinajstić information content (AvgIpc) is 2.23. The van der Waals surface area contributed by atoms with Crippen molar-refractivity contribution in [1.29, 1.82) is 0 Å². The van der Waals surface area contributed by atoms with E-state index in [0.717, 1.165) is 0 Å². The van der Waals surface area contributed by atoms with Gasteiger partial charge in [-0.2, -0.15) is 0 Å². The van der Waals surface area contributed by atoms with Gasteiger partial charge in [0, 0.05) is 18.9 Å². The molecule has 2 atom stereocenters. The first kappa shape index (κ1) is 9.30. The van der Waals surface area contributed by atoms with Gasteiger partial charge < -0.3 is 4.90 Å². The van der Waals surface area contributed by atoms with Crippen LogP contribution in [-0.4, -0.2) is 29.0 Å². The van der Waals surface area contributed by atoms with Crippen molar-refractivity contribution in [2.45, 2.75) is 25.3 Å². The molecule has 0 bridgehead atoms. The Morgan fingerprint density at radius 3 is 2.71 bits per heavy atom. The number of nitrogens with zero attached hydrogens (tertiary/aromatic N) is 3. The van der Waals surface area contributed by atoms with Crippen molar-refractivity contribution in [3.05, 3.63) is 18.5 Å². The molecule has 14 heavy (non-hydrogen) atoms. The number of rotatable bonds is 1. The Labute approximate surface area is 80.8 Å². The summed E-state index contributed by atoms with van der Waals surface area (Å²) in [5, 5.41) is 0. The van der Waals surface area contributed by atoms with Gasteiger partial charge in [0.1, 0.15) is 6.17 Å². The molecule has 0 N–H and O–H groups in total. The van der Waals surface area contributed by atoms with Gasteiger partial charge >= 0.3 is 0 Å². The van der Waals surface area contributed by atoms with Gasteiger partial charge in [-0.1, -0.05) is 0 Å². The third-order valence-electron chi connectivity index (χ3n) is 2.28. The summed E-state index contributed by atoms with van der Waals surface area (Å²) in [7, 11) is 0. The summed E-state index contributed by atoms with van der Waals surface area (Å²) in [6.45, 7) is 0.478. The Balaban J connectivity index is 2.17. The number of halogens is 2. The Bertz CT molecular complexity index is 293. The highest BCUT2D eigenvalue weighted by atomic mass is 19.2. The van der Waals surface area contributed by atoms with Crippen LogP contribution in [0.2, 0.25) is 0 Å². The highest BCUT2D eigenvalue weighted by Crippen LogP contribution is 2.24. The van der Waals surface area contributed by atoms with Crippen LogP contribution in [0.1, 0.15) is 12.8 Å². The minimum absolute atomic E-state index is 0.266. The number of hydrogen-bond donors (Lipinski definition) is 0. The fourth-order valence-electron chi connectivity index (χ4n) is 1.56. The molecule has 3 nitrogen and oxygen atoms in total. The maximum absolute atomic E-state index is 13.4. The van der Waals surface area contributed by atoms with Crippen LogP contribution in [0.4, 0.5) is 14.7 Å². The average molecular weight is 199 g/mol. The molecule has 0 aliphatic carbocycles. The second-order valence-electron chi connectivity index (χ2n) is 3.27. The third-order valence-corrected chi connectivity index (χ3v) is 2.28. The molecule has 1 aliphatic rings. The molecule has 1 aromatic heterocycles. The van der Waals surface area contributed by atoms with E-state index < -0.39 is 12.5 Å². The number of aromatic nitrogens is 2. The summed E-state index contributed by atoms with van der Waals surface area (Å²) < 4.78 is 26.4. The number of anilines is 1. The highest BCUT2D eigenvalue weighted by Gasteiger charge is 2.32. The zero-order chi connectivity index (χ0) is 9.97. The molecule has 0 amide bonds. The van der Waals surface area contributed by atoms with Crippen LogP contribution < -0.4 is 4.90 Å². The van der Waals surface area contributed by atoms with Crippen molar-refractivity contribution in [3.8, 4) is 0 Å². The van der Waals surface area contributed by atoms with Crippen LogP contribution in [0.5, 0.6) is 0 Å². The minimum atomic E-state index is -1.61. The summed E-state index contributed by atoms with van der Waals surface area (Å²) in [5.41, 5.74) is 0. The molecule has 1 aliphatic heterocycles. The SMILES string of the molecule is FC1CCCN(c2ncccn2)C1F. The van der Waals surface area contributed by atoms with Crippen molar-refractivity contribution < 1.29 is 8.78 Å². The molecule has 0 saturated carbocycles. The van der Waals surface area contributed by atoms with Crippen molar-refractivity contribution in [3.63, 3.8) is 0 Å². The van der Waals surface area contributed by atoms with E-state index in [9.17, 15) is 8.78 Å². The number of alkyl halides is 2. The van der Waals surface area contributed by atoms with Crippen LogP contribution in [0, 0.1) is 0 Å². The van der Waals surface area contributed by atoms with Gasteiger partial charge in [-0.25, -0.2) is 18.7 Å². The molecular formula is C9H11F2N3. The summed E-state index contributed by atoms with van der Waals surface area (Å²) in [4.78, 5) is 9.06. The predicted octanol–water partition coefficient (Wildman–Crippen LogP) is 1.71. The van der Waals surface area contributed by atoms with Crippen LogP contribution >= 0.6 is 0 Å². The lowest BCUT2D eigenvalue weighted by Gasteiger charge is -2.32. The van der Waals surface area contributed by atoms with Gasteiger partial charge in [0.25, 0.3) is 0 Å². The van der Waals surface area contributed by atoms with E-state index in [0.29, 0.717) is 13.0 Å². The minimum Gasteiger partial charge on any atom is -0.308 e. The van der Waals surface area contributed by atoms with Crippen molar-refractivity contribution in [2.24, 2.45) is 0 Å². The zero-order valence-electron chi connectivity index (χ0n) is 7.61. The first-order chi connectivity index (χ1) is 6.79. The van der Waals surface area contributed by atoms with Crippen LogP contribution in [-0.2, 0) is 0 Å². The van der Waals surface area contributed by atoms with E-state index >= 15 is 0 Å². The fourth-order valence-corrected chi connectivity index (χ4v) is 1.56. The first-order valence-corrected chi connectivity index (χ1v) is 4.61. The van der Waals surface area contributed by atoms with Crippen molar-refractivity contribution in [2.75, 3.05) is 11.4 Å². The van der Waals surface area contributed by atoms with E-state index in [-0.39, 0.29) is 12.4 Å². The van der Waals surface area contributed by atoms with Gasteiger partial charge in [0.15, 0.2) is 0 Å². The highest BCUT2D eigenvalue weighted by molar-refractivity contribution is 5.30. The summed E-state index contributed by atoms with van der Waals surface area (Å²) in [5.74, 6) is 0.266. The van der Waals surface area contributed by atoms with E-state index in [1.807, 2.05) is 0 Å². The van der Waals surface area contributed by atoms with Crippen LogP contribution in [0.3, 0.4) is 0 Å². The fraction of sp³-hybridized carbons (Fsp3) is 0.556. The van der Waals surface area contributed by atoms with E-state index in [2.05, 4.69) is 9.97 Å². The van der Waals surface area contributed by atoms with Crippen LogP contribution in [0.15, 0.2) is 18.5 Å². The Morgan fingerprint density at radius 1 is 1.29 bits per heavy atom. The maximum atomic E-state index is 13.4. The van der Waals surface area contributed by atoms with Crippen molar-refractivity contribution >= 4 is 5.95 Å². The molecule has 2 heterocycles. The van der Waals surface area contributed by atoms with Gasteiger partial charge in [-0.3, -0.25) is 0 Å². The second kappa shape index (κ2) is 3.86. The van der Waals surface area contributed by atoms with Crippen molar-refractivity contribution in [1.82, 2.24) is 9.97 Å². The topological polar surface area (TPSA) is 29.0 Å². The van der Waals surface area contributed by atoms with Gasteiger partial charge in [0.2, 0.25) is 12.2 Å². The molecule has 1 saturated heterocycles. The molecule has 76 valence electrons. The predicted molar refractivity (Wildman–Crippen MR) is 48.4 cm³/mol. The summed E-state index contributed by atoms with van der Waals surface area (Å²) in [6, 6.07) is 1.65. The normalized spacial score (nSPS) is 27.7. The summed E-state index contributed by atoms with van der Waals surface area (Å²) in [6.07, 6.45) is 0.941. The lowest BCUT2D eigenvalue weighted by Crippen LogP contribution is -2.44. The first-order valence-electron chi connectivity index (χ1n) is 4.61. The standard InChI is InChI=1S/C9H11F2N3/c10-7-3-1-6-14(8(7)11)9-12-4-2-5-13-9/h2,4-5,7-8H,1,3,6H2. The van der Waals surface area contributed by atoms with E-state index in [1.165, 1.54) is 17.3 Å². The van der Waals surface area contributed by atoms with E-state index in [1.54, 1.807) is 6.07 Å². The molecule has 5 heteroatoms. The Kier molecular flexibility index (Phi) is 2.56. The van der Waals surface area contributed by atoms with Crippen LogP contribution in [0.25, 0.3) is 0 Å². The molecule has 1 fully saturated rings. The van der Waals surface area contributed by atoms with Gasteiger partial charge in [0.05, 0.1) is 0 Å². The maximum Gasteiger partial charge on any atom is 0.227 e. The van der Waals surface area contributed by atoms with E-state index in [4.69, 9.17) is 0 Å². The third kappa shape index (κ3) is 1.66. The quantitative estimate of drug-likeness (QED) is 0.645.